The lowest BCUT2D eigenvalue weighted by molar-refractivity contribution is 0.0950. The van der Waals surface area contributed by atoms with Crippen molar-refractivity contribution in [3.63, 3.8) is 0 Å². The molecule has 0 unspecified atom stereocenters. The lowest BCUT2D eigenvalue weighted by Gasteiger charge is -2.01. The largest absolute Gasteiger partial charge is 0.350 e. The minimum Gasteiger partial charge on any atom is -0.350 e. The highest BCUT2D eigenvalue weighted by molar-refractivity contribution is 7.10. The van der Waals surface area contributed by atoms with E-state index in [0.29, 0.717) is 18.8 Å². The molecule has 0 saturated carbocycles. The summed E-state index contributed by atoms with van der Waals surface area (Å²) in [7, 11) is 0. The summed E-state index contributed by atoms with van der Waals surface area (Å²) >= 11 is 3.11. The number of carbonyl (C=O) groups is 1. The summed E-state index contributed by atoms with van der Waals surface area (Å²) in [6, 6.07) is 4.07. The van der Waals surface area contributed by atoms with Crippen molar-refractivity contribution < 1.29 is 4.79 Å². The fraction of sp³-hybridized carbons (Fsp3) is 0.273. The average Bonchev–Trinajstić information content (AvgIpc) is 2.99. The summed E-state index contributed by atoms with van der Waals surface area (Å²) in [5.74, 6) is -0.127. The first-order valence-electron chi connectivity index (χ1n) is 5.24. The minimum absolute atomic E-state index is 0.127. The molecule has 0 saturated heterocycles. The van der Waals surface area contributed by atoms with E-state index in [-0.39, 0.29) is 5.91 Å². The maximum atomic E-state index is 11.7. The van der Waals surface area contributed by atoms with Crippen molar-refractivity contribution >= 4 is 28.6 Å². The third-order valence-corrected chi connectivity index (χ3v) is 4.00. The Hall–Kier alpha value is -1.24. The fourth-order valence-electron chi connectivity index (χ4n) is 1.35. The van der Waals surface area contributed by atoms with Crippen molar-refractivity contribution in [1.29, 1.82) is 0 Å². The van der Waals surface area contributed by atoms with Crippen LogP contribution < -0.4 is 11.1 Å². The SMILES string of the molecule is NCc1nc(C(=O)NCCc2cccs2)cs1. The van der Waals surface area contributed by atoms with Crippen LogP contribution >= 0.6 is 22.7 Å². The van der Waals surface area contributed by atoms with Gasteiger partial charge in [-0.2, -0.15) is 0 Å². The number of nitrogens with one attached hydrogen (secondary N) is 1. The van der Waals surface area contributed by atoms with Gasteiger partial charge in [-0.15, -0.1) is 22.7 Å². The molecule has 6 heteroatoms. The van der Waals surface area contributed by atoms with E-state index in [2.05, 4.69) is 16.4 Å². The van der Waals surface area contributed by atoms with Gasteiger partial charge in [0.1, 0.15) is 10.7 Å². The summed E-state index contributed by atoms with van der Waals surface area (Å²) < 4.78 is 0. The second-order valence-corrected chi connectivity index (χ2v) is 5.39. The van der Waals surface area contributed by atoms with Crippen LogP contribution in [-0.2, 0) is 13.0 Å². The van der Waals surface area contributed by atoms with Crippen LogP contribution in [0, 0.1) is 0 Å². The minimum atomic E-state index is -0.127. The van der Waals surface area contributed by atoms with E-state index < -0.39 is 0 Å². The number of hydrogen-bond acceptors (Lipinski definition) is 5. The van der Waals surface area contributed by atoms with Gasteiger partial charge in [0.05, 0.1) is 0 Å². The summed E-state index contributed by atoms with van der Waals surface area (Å²) in [6.07, 6.45) is 0.858. The van der Waals surface area contributed by atoms with E-state index in [9.17, 15) is 4.79 Å². The first-order chi connectivity index (χ1) is 8.29. The molecule has 0 bridgehead atoms. The Labute approximate surface area is 107 Å². The Morgan fingerprint density at radius 3 is 3.00 bits per heavy atom. The molecule has 2 heterocycles. The number of rotatable bonds is 5. The summed E-state index contributed by atoms with van der Waals surface area (Å²) in [5, 5.41) is 7.40. The Balaban J connectivity index is 1.81. The van der Waals surface area contributed by atoms with Crippen LogP contribution in [0.4, 0.5) is 0 Å². The molecular weight excluding hydrogens is 254 g/mol. The maximum absolute atomic E-state index is 11.7. The lowest BCUT2D eigenvalue weighted by Crippen LogP contribution is -2.25. The molecule has 0 spiro atoms. The van der Waals surface area contributed by atoms with Crippen molar-refractivity contribution in [2.75, 3.05) is 6.54 Å². The highest BCUT2D eigenvalue weighted by Crippen LogP contribution is 2.10. The van der Waals surface area contributed by atoms with Gasteiger partial charge in [-0.3, -0.25) is 4.79 Å². The molecule has 0 aromatic carbocycles. The zero-order valence-corrected chi connectivity index (χ0v) is 10.8. The smallest absolute Gasteiger partial charge is 0.270 e. The van der Waals surface area contributed by atoms with Gasteiger partial charge in [0.25, 0.3) is 5.91 Å². The molecule has 2 aromatic rings. The van der Waals surface area contributed by atoms with Crippen molar-refractivity contribution in [2.24, 2.45) is 5.73 Å². The summed E-state index contributed by atoms with van der Waals surface area (Å²) in [5.41, 5.74) is 5.91. The number of thiophene rings is 1. The van der Waals surface area contributed by atoms with Gasteiger partial charge < -0.3 is 11.1 Å². The monoisotopic (exact) mass is 267 g/mol. The number of nitrogens with zero attached hydrogens (tertiary/aromatic N) is 1. The topological polar surface area (TPSA) is 68.0 Å². The molecule has 4 nitrogen and oxygen atoms in total. The number of amides is 1. The van der Waals surface area contributed by atoms with Crippen LogP contribution in [0.2, 0.25) is 0 Å². The molecular formula is C11H13N3OS2. The highest BCUT2D eigenvalue weighted by atomic mass is 32.1. The first kappa shape index (κ1) is 12.2. The van der Waals surface area contributed by atoms with Gasteiger partial charge in [0.2, 0.25) is 0 Å². The molecule has 1 amide bonds. The number of aromatic nitrogens is 1. The molecule has 3 N–H and O–H groups in total. The second kappa shape index (κ2) is 5.90. The van der Waals surface area contributed by atoms with Gasteiger partial charge >= 0.3 is 0 Å². The summed E-state index contributed by atoms with van der Waals surface area (Å²) in [6.45, 7) is 1.02. The van der Waals surface area contributed by atoms with E-state index in [1.807, 2.05) is 11.4 Å². The molecule has 0 aliphatic heterocycles. The van der Waals surface area contributed by atoms with E-state index in [4.69, 9.17) is 5.73 Å². The Morgan fingerprint density at radius 2 is 2.35 bits per heavy atom. The molecule has 0 fully saturated rings. The predicted octanol–water partition coefficient (Wildman–Crippen LogP) is 1.64. The normalized spacial score (nSPS) is 10.4. The predicted molar refractivity (Wildman–Crippen MR) is 70.4 cm³/mol. The van der Waals surface area contributed by atoms with Crippen molar-refractivity contribution in [3.8, 4) is 0 Å². The van der Waals surface area contributed by atoms with Crippen LogP contribution in [0.5, 0.6) is 0 Å². The Kier molecular flexibility index (Phi) is 4.24. The van der Waals surface area contributed by atoms with Crippen molar-refractivity contribution in [1.82, 2.24) is 10.3 Å². The number of nitrogens with two attached hydrogens (primary N) is 1. The molecule has 0 aliphatic carbocycles. The summed E-state index contributed by atoms with van der Waals surface area (Å²) in [4.78, 5) is 17.1. The quantitative estimate of drug-likeness (QED) is 0.865. The number of thiazole rings is 1. The molecule has 0 aliphatic rings. The van der Waals surface area contributed by atoms with Gasteiger partial charge in [0, 0.05) is 23.3 Å². The molecule has 0 radical (unpaired) electrons. The van der Waals surface area contributed by atoms with Crippen LogP contribution in [0.3, 0.4) is 0 Å². The van der Waals surface area contributed by atoms with Crippen LogP contribution in [-0.4, -0.2) is 17.4 Å². The van der Waals surface area contributed by atoms with Gasteiger partial charge in [-0.05, 0) is 17.9 Å². The van der Waals surface area contributed by atoms with E-state index in [1.165, 1.54) is 16.2 Å². The molecule has 0 atom stereocenters. The fourth-order valence-corrected chi connectivity index (χ4v) is 2.72. The third-order valence-electron chi connectivity index (χ3n) is 2.20. The number of hydrogen-bond donors (Lipinski definition) is 2. The van der Waals surface area contributed by atoms with E-state index in [0.717, 1.165) is 11.4 Å². The molecule has 2 aromatic heterocycles. The first-order valence-corrected chi connectivity index (χ1v) is 7.00. The molecule has 17 heavy (non-hydrogen) atoms. The zero-order valence-electron chi connectivity index (χ0n) is 9.18. The number of carbonyl (C=O) groups excluding carboxylic acids is 1. The molecule has 2 rings (SSSR count). The van der Waals surface area contributed by atoms with Gasteiger partial charge in [0.15, 0.2) is 0 Å². The second-order valence-electron chi connectivity index (χ2n) is 3.42. The highest BCUT2D eigenvalue weighted by Gasteiger charge is 2.09. The van der Waals surface area contributed by atoms with Gasteiger partial charge in [-0.1, -0.05) is 6.07 Å². The average molecular weight is 267 g/mol. The van der Waals surface area contributed by atoms with E-state index in [1.54, 1.807) is 16.7 Å². The molecule has 90 valence electrons. The standard InChI is InChI=1S/C11H13N3OS2/c12-6-10-14-9(7-17-10)11(15)13-4-3-8-2-1-5-16-8/h1-2,5,7H,3-4,6,12H2,(H,13,15). The lowest BCUT2D eigenvalue weighted by atomic mass is 10.3. The Morgan fingerprint density at radius 1 is 1.47 bits per heavy atom. The van der Waals surface area contributed by atoms with E-state index >= 15 is 0 Å². The van der Waals surface area contributed by atoms with Crippen LogP contribution in [0.25, 0.3) is 0 Å². The Bertz CT molecular complexity index is 479. The third kappa shape index (κ3) is 3.36. The van der Waals surface area contributed by atoms with Crippen molar-refractivity contribution in [2.45, 2.75) is 13.0 Å². The van der Waals surface area contributed by atoms with Crippen LogP contribution in [0.1, 0.15) is 20.4 Å². The maximum Gasteiger partial charge on any atom is 0.270 e. The van der Waals surface area contributed by atoms with Crippen LogP contribution in [0.15, 0.2) is 22.9 Å². The zero-order chi connectivity index (χ0) is 12.1. The van der Waals surface area contributed by atoms with Gasteiger partial charge in [-0.25, -0.2) is 4.98 Å². The van der Waals surface area contributed by atoms with Crippen molar-refractivity contribution in [3.05, 3.63) is 38.5 Å².